The molecule has 0 bridgehead atoms. The minimum Gasteiger partial charge on any atom is -0.394 e. The van der Waals surface area contributed by atoms with Crippen LogP contribution < -0.4 is 5.73 Å². The lowest BCUT2D eigenvalue weighted by atomic mass is 9.61. The van der Waals surface area contributed by atoms with Crippen molar-refractivity contribution < 1.29 is 14.6 Å². The maximum absolute atomic E-state index is 13.8. The summed E-state index contributed by atoms with van der Waals surface area (Å²) in [5.41, 5.74) is 7.07. The Hall–Kier alpha value is -1.44. The molecule has 2 atom stereocenters. The van der Waals surface area contributed by atoms with Gasteiger partial charge in [0.1, 0.15) is 0 Å². The number of methoxy groups -OCH3 is 1. The molecule has 3 aliphatic rings. The second-order valence-corrected chi connectivity index (χ2v) is 9.00. The van der Waals surface area contributed by atoms with Crippen molar-refractivity contribution in [2.75, 3.05) is 13.7 Å². The second-order valence-electron chi connectivity index (χ2n) is 8.08. The number of carbonyl (C=O) groups is 1. The molecule has 2 aliphatic carbocycles. The lowest BCUT2D eigenvalue weighted by molar-refractivity contribution is -0.140. The fourth-order valence-corrected chi connectivity index (χ4v) is 5.68. The molecule has 1 saturated carbocycles. The quantitative estimate of drug-likeness (QED) is 0.762. The fraction of sp³-hybridized carbons (Fsp3) is 0.600. The summed E-state index contributed by atoms with van der Waals surface area (Å²) < 4.78 is 6.50. The molecule has 4 rings (SSSR count). The van der Waals surface area contributed by atoms with Crippen LogP contribution in [0, 0.1) is 5.41 Å². The number of fused-ring (bicyclic) bond motifs is 3. The Morgan fingerprint density at radius 2 is 2.15 bits per heavy atom. The summed E-state index contributed by atoms with van der Waals surface area (Å²) in [5.74, 6) is 0.108. The molecule has 1 aromatic rings. The predicted molar refractivity (Wildman–Crippen MR) is 106 cm³/mol. The number of nitrogens with two attached hydrogens (primary N) is 1. The molecule has 1 fully saturated rings. The third kappa shape index (κ3) is 2.51. The predicted octanol–water partition coefficient (Wildman–Crippen LogP) is 2.31. The van der Waals surface area contributed by atoms with Gasteiger partial charge in [-0.2, -0.15) is 0 Å². The third-order valence-electron chi connectivity index (χ3n) is 6.74. The van der Waals surface area contributed by atoms with E-state index < -0.39 is 11.6 Å². The molecule has 3 N–H and O–H groups in total. The Morgan fingerprint density at radius 3 is 2.78 bits per heavy atom. The van der Waals surface area contributed by atoms with E-state index in [4.69, 9.17) is 15.5 Å². The number of carbonyl (C=O) groups excluding carboxylic acids is 1. The summed E-state index contributed by atoms with van der Waals surface area (Å²) in [7, 11) is 1.75. The lowest BCUT2D eigenvalue weighted by Crippen LogP contribution is -2.54. The Labute approximate surface area is 167 Å². The molecule has 2 spiro atoms. The number of amides is 1. The van der Waals surface area contributed by atoms with E-state index in [1.807, 2.05) is 12.1 Å². The van der Waals surface area contributed by atoms with Crippen molar-refractivity contribution in [1.82, 2.24) is 4.90 Å². The van der Waals surface area contributed by atoms with Gasteiger partial charge in [0, 0.05) is 17.0 Å². The molecule has 146 valence electrons. The number of ether oxygens (including phenoxy) is 1. The van der Waals surface area contributed by atoms with E-state index in [2.05, 4.69) is 22.0 Å². The summed E-state index contributed by atoms with van der Waals surface area (Å²) in [4.78, 5) is 20.2. The topological polar surface area (TPSA) is 88.2 Å². The molecule has 0 aromatic heterocycles. The highest BCUT2D eigenvalue weighted by Crippen LogP contribution is 2.62. The van der Waals surface area contributed by atoms with Crippen molar-refractivity contribution in [2.24, 2.45) is 16.1 Å². The Morgan fingerprint density at radius 1 is 1.44 bits per heavy atom. The number of aliphatic hydroxyl groups is 1. The van der Waals surface area contributed by atoms with E-state index in [1.54, 1.807) is 14.0 Å². The number of nitrogens with zero attached hydrogens (tertiary/aromatic N) is 2. The first-order valence-electron chi connectivity index (χ1n) is 9.50. The monoisotopic (exact) mass is 435 g/mol. The van der Waals surface area contributed by atoms with Gasteiger partial charge in [-0.1, -0.05) is 22.0 Å². The van der Waals surface area contributed by atoms with Gasteiger partial charge in [0.25, 0.3) is 5.91 Å². The normalized spacial score (nSPS) is 33.6. The van der Waals surface area contributed by atoms with Crippen LogP contribution in [0.4, 0.5) is 0 Å². The Kier molecular flexibility index (Phi) is 4.60. The number of guanidine groups is 1. The maximum atomic E-state index is 13.8. The lowest BCUT2D eigenvalue weighted by Gasteiger charge is -2.45. The summed E-state index contributed by atoms with van der Waals surface area (Å²) >= 11 is 3.56. The summed E-state index contributed by atoms with van der Waals surface area (Å²) in [5, 5.41) is 9.64. The standard InChI is InChI=1S/C20H26BrN3O3/c1-12(11-25)24-17(26)20(23-18(24)22)16-9-14(21)4-3-13(16)10-19(20)7-5-15(27-2)6-8-19/h3-4,9,12,15,25H,5-8,10-11H2,1-2H3,(H2,22,23)/t12-,15?,19?,20+/m1/s1. The molecule has 6 nitrogen and oxygen atoms in total. The van der Waals surface area contributed by atoms with Crippen molar-refractivity contribution in [3.05, 3.63) is 33.8 Å². The summed E-state index contributed by atoms with van der Waals surface area (Å²) in [6.45, 7) is 1.65. The van der Waals surface area contributed by atoms with Crippen molar-refractivity contribution in [3.63, 3.8) is 0 Å². The summed E-state index contributed by atoms with van der Waals surface area (Å²) in [6.07, 6.45) is 4.59. The molecule has 1 amide bonds. The van der Waals surface area contributed by atoms with Gasteiger partial charge >= 0.3 is 0 Å². The first-order chi connectivity index (χ1) is 12.9. The molecule has 27 heavy (non-hydrogen) atoms. The van der Waals surface area contributed by atoms with Crippen LogP contribution in [-0.2, 0) is 21.5 Å². The maximum Gasteiger partial charge on any atom is 0.262 e. The van der Waals surface area contributed by atoms with E-state index in [1.165, 1.54) is 4.90 Å². The molecule has 1 aliphatic heterocycles. The van der Waals surface area contributed by atoms with Crippen LogP contribution in [0.2, 0.25) is 0 Å². The van der Waals surface area contributed by atoms with Gasteiger partial charge in [-0.3, -0.25) is 9.69 Å². The zero-order valence-corrected chi connectivity index (χ0v) is 17.3. The number of benzene rings is 1. The van der Waals surface area contributed by atoms with E-state index in [9.17, 15) is 9.90 Å². The minimum absolute atomic E-state index is 0.103. The van der Waals surface area contributed by atoms with Gasteiger partial charge in [0.2, 0.25) is 0 Å². The zero-order valence-electron chi connectivity index (χ0n) is 15.7. The molecule has 0 saturated heterocycles. The van der Waals surface area contributed by atoms with Crippen LogP contribution in [0.25, 0.3) is 0 Å². The van der Waals surface area contributed by atoms with Crippen LogP contribution in [0.3, 0.4) is 0 Å². The van der Waals surface area contributed by atoms with Crippen molar-refractivity contribution in [3.8, 4) is 0 Å². The number of aliphatic hydroxyl groups excluding tert-OH is 1. The van der Waals surface area contributed by atoms with Crippen LogP contribution in [0.1, 0.15) is 43.7 Å². The Balaban J connectivity index is 1.87. The first-order valence-corrected chi connectivity index (χ1v) is 10.3. The van der Waals surface area contributed by atoms with E-state index in [0.29, 0.717) is 0 Å². The smallest absolute Gasteiger partial charge is 0.262 e. The molecular formula is C20H26BrN3O3. The number of hydrogen-bond acceptors (Lipinski definition) is 5. The van der Waals surface area contributed by atoms with Gasteiger partial charge < -0.3 is 15.6 Å². The van der Waals surface area contributed by atoms with E-state index in [0.717, 1.165) is 47.7 Å². The van der Waals surface area contributed by atoms with Crippen LogP contribution >= 0.6 is 15.9 Å². The van der Waals surface area contributed by atoms with E-state index >= 15 is 0 Å². The molecular weight excluding hydrogens is 410 g/mol. The molecule has 1 aromatic carbocycles. The highest BCUT2D eigenvalue weighted by Gasteiger charge is 2.67. The molecule has 0 radical (unpaired) electrons. The van der Waals surface area contributed by atoms with E-state index in [-0.39, 0.29) is 30.0 Å². The fourth-order valence-electron chi connectivity index (χ4n) is 5.32. The third-order valence-corrected chi connectivity index (χ3v) is 7.24. The average molecular weight is 436 g/mol. The van der Waals surface area contributed by atoms with Gasteiger partial charge in [0.15, 0.2) is 11.5 Å². The zero-order chi connectivity index (χ0) is 19.4. The highest BCUT2D eigenvalue weighted by atomic mass is 79.9. The van der Waals surface area contributed by atoms with Crippen molar-refractivity contribution in [1.29, 1.82) is 0 Å². The molecule has 7 heteroatoms. The van der Waals surface area contributed by atoms with Gasteiger partial charge in [-0.05, 0) is 62.3 Å². The minimum atomic E-state index is -1.00. The number of hydrogen-bond donors (Lipinski definition) is 2. The van der Waals surface area contributed by atoms with Crippen molar-refractivity contribution in [2.45, 2.75) is 56.7 Å². The largest absolute Gasteiger partial charge is 0.394 e. The van der Waals surface area contributed by atoms with Gasteiger partial charge in [-0.25, -0.2) is 4.99 Å². The highest BCUT2D eigenvalue weighted by molar-refractivity contribution is 9.10. The van der Waals surface area contributed by atoms with Gasteiger partial charge in [-0.15, -0.1) is 0 Å². The van der Waals surface area contributed by atoms with Gasteiger partial charge in [0.05, 0.1) is 18.8 Å². The SMILES string of the molecule is COC1CCC2(CC1)Cc1ccc(Br)cc1[C@@]21N=C(N)N([C@H](C)CO)C1=O. The number of halogens is 1. The summed E-state index contributed by atoms with van der Waals surface area (Å²) in [6, 6.07) is 5.74. The van der Waals surface area contributed by atoms with Crippen LogP contribution in [-0.4, -0.2) is 47.7 Å². The Bertz CT molecular complexity index is 804. The van der Waals surface area contributed by atoms with Crippen molar-refractivity contribution >= 4 is 27.8 Å². The van der Waals surface area contributed by atoms with Crippen LogP contribution in [0.5, 0.6) is 0 Å². The average Bonchev–Trinajstić information content (AvgIpc) is 3.08. The number of aliphatic imine (C=N–C) groups is 1. The van der Waals surface area contributed by atoms with Crippen LogP contribution in [0.15, 0.2) is 27.7 Å². The first kappa shape index (κ1) is 18.9. The number of rotatable bonds is 3. The molecule has 1 heterocycles. The second kappa shape index (κ2) is 6.57. The molecule has 0 unspecified atom stereocenters.